The lowest BCUT2D eigenvalue weighted by Crippen LogP contribution is -2.06. The van der Waals surface area contributed by atoms with Crippen LogP contribution in [0.3, 0.4) is 0 Å². The Morgan fingerprint density at radius 3 is 2.72 bits per heavy atom. The lowest BCUT2D eigenvalue weighted by Gasteiger charge is -2.16. The molecule has 1 aliphatic carbocycles. The highest BCUT2D eigenvalue weighted by Gasteiger charge is 2.23. The first-order valence-electron chi connectivity index (χ1n) is 11.2. The van der Waals surface area contributed by atoms with Crippen LogP contribution < -0.4 is 14.2 Å². The zero-order valence-corrected chi connectivity index (χ0v) is 18.6. The molecule has 3 aromatic rings. The molecule has 168 valence electrons. The number of ether oxygens (including phenoxy) is 3. The molecule has 0 bridgehead atoms. The predicted octanol–water partition coefficient (Wildman–Crippen LogP) is 5.65. The molecule has 0 radical (unpaired) electrons. The average molecular weight is 436 g/mol. The van der Waals surface area contributed by atoms with Crippen molar-refractivity contribution in [2.45, 2.75) is 38.5 Å². The molecule has 0 spiro atoms. The normalized spacial score (nSPS) is 14.1. The maximum Gasteiger partial charge on any atom is 0.226 e. The molecule has 1 heterocycles. The van der Waals surface area contributed by atoms with Gasteiger partial charge in [0.15, 0.2) is 11.5 Å². The van der Waals surface area contributed by atoms with Gasteiger partial charge in [-0.3, -0.25) is 0 Å². The molecule has 0 saturated heterocycles. The lowest BCUT2D eigenvalue weighted by molar-refractivity contribution is -0.108. The van der Waals surface area contributed by atoms with E-state index >= 15 is 0 Å². The minimum atomic E-state index is -0.250. The number of oxazole rings is 1. The Kier molecular flexibility index (Phi) is 7.10. The van der Waals surface area contributed by atoms with Gasteiger partial charge in [0.25, 0.3) is 0 Å². The largest absolute Gasteiger partial charge is 0.494 e. The number of nitrogens with zero attached hydrogens (tertiary/aromatic N) is 1. The first kappa shape index (κ1) is 21.9. The molecule has 0 amide bonds. The molecular weight excluding hydrogens is 406 g/mol. The SMILES string of the molecule is CCOc1ccccc1C(CC=O)c1coc(-c2ccc(OC)c(OCCC3CC3)c2)n1. The smallest absolute Gasteiger partial charge is 0.226 e. The van der Waals surface area contributed by atoms with Crippen LogP contribution in [-0.2, 0) is 4.79 Å². The van der Waals surface area contributed by atoms with E-state index in [2.05, 4.69) is 0 Å². The van der Waals surface area contributed by atoms with E-state index in [4.69, 9.17) is 23.6 Å². The van der Waals surface area contributed by atoms with Gasteiger partial charge in [-0.15, -0.1) is 0 Å². The maximum absolute atomic E-state index is 11.4. The van der Waals surface area contributed by atoms with E-state index in [1.807, 2.05) is 49.4 Å². The number of para-hydroxylation sites is 1. The van der Waals surface area contributed by atoms with E-state index in [-0.39, 0.29) is 12.3 Å². The van der Waals surface area contributed by atoms with Gasteiger partial charge in [0.2, 0.25) is 5.89 Å². The number of carbonyl (C=O) groups is 1. The van der Waals surface area contributed by atoms with Gasteiger partial charge in [-0.2, -0.15) is 0 Å². The summed E-state index contributed by atoms with van der Waals surface area (Å²) < 4.78 is 23.0. The molecule has 6 nitrogen and oxygen atoms in total. The summed E-state index contributed by atoms with van der Waals surface area (Å²) in [5.41, 5.74) is 2.40. The van der Waals surface area contributed by atoms with E-state index in [0.717, 1.165) is 35.5 Å². The van der Waals surface area contributed by atoms with Crippen LogP contribution in [-0.4, -0.2) is 31.6 Å². The fourth-order valence-corrected chi connectivity index (χ4v) is 3.80. The summed E-state index contributed by atoms with van der Waals surface area (Å²) in [6.07, 6.45) is 6.46. The second-order valence-corrected chi connectivity index (χ2v) is 7.95. The molecule has 32 heavy (non-hydrogen) atoms. The molecule has 1 aromatic heterocycles. The van der Waals surface area contributed by atoms with Crippen molar-refractivity contribution in [3.8, 4) is 28.7 Å². The van der Waals surface area contributed by atoms with Gasteiger partial charge in [0.1, 0.15) is 18.3 Å². The van der Waals surface area contributed by atoms with E-state index < -0.39 is 0 Å². The minimum absolute atomic E-state index is 0.250. The summed E-state index contributed by atoms with van der Waals surface area (Å²) >= 11 is 0. The summed E-state index contributed by atoms with van der Waals surface area (Å²) in [6, 6.07) is 13.4. The van der Waals surface area contributed by atoms with E-state index in [9.17, 15) is 4.79 Å². The van der Waals surface area contributed by atoms with Gasteiger partial charge in [0.05, 0.1) is 26.0 Å². The highest BCUT2D eigenvalue weighted by atomic mass is 16.5. The molecule has 2 aromatic carbocycles. The number of carbonyl (C=O) groups excluding carboxylic acids is 1. The molecule has 0 aliphatic heterocycles. The van der Waals surface area contributed by atoms with Crippen LogP contribution in [0, 0.1) is 5.92 Å². The Bertz CT molecular complexity index is 1040. The Hall–Kier alpha value is -3.28. The maximum atomic E-state index is 11.4. The molecule has 1 atom stereocenters. The van der Waals surface area contributed by atoms with Crippen LogP contribution in [0.2, 0.25) is 0 Å². The third kappa shape index (κ3) is 5.13. The van der Waals surface area contributed by atoms with Crippen LogP contribution in [0.1, 0.15) is 49.8 Å². The lowest BCUT2D eigenvalue weighted by atomic mass is 9.92. The molecule has 1 saturated carbocycles. The Morgan fingerprint density at radius 2 is 1.97 bits per heavy atom. The summed E-state index contributed by atoms with van der Waals surface area (Å²) in [5, 5.41) is 0. The van der Waals surface area contributed by atoms with Gasteiger partial charge >= 0.3 is 0 Å². The van der Waals surface area contributed by atoms with E-state index in [0.29, 0.717) is 36.3 Å². The number of methoxy groups -OCH3 is 1. The second-order valence-electron chi connectivity index (χ2n) is 7.95. The summed E-state index contributed by atoms with van der Waals surface area (Å²) in [7, 11) is 1.63. The number of hydrogen-bond donors (Lipinski definition) is 0. The van der Waals surface area contributed by atoms with Gasteiger partial charge in [0, 0.05) is 23.5 Å². The van der Waals surface area contributed by atoms with Crippen molar-refractivity contribution in [3.05, 3.63) is 60.0 Å². The number of hydrogen-bond acceptors (Lipinski definition) is 6. The number of aldehydes is 1. The highest BCUT2D eigenvalue weighted by molar-refractivity contribution is 5.61. The quantitative estimate of drug-likeness (QED) is 0.343. The fourth-order valence-electron chi connectivity index (χ4n) is 3.80. The Morgan fingerprint density at radius 1 is 1.12 bits per heavy atom. The van der Waals surface area contributed by atoms with Gasteiger partial charge in [-0.25, -0.2) is 4.98 Å². The minimum Gasteiger partial charge on any atom is -0.494 e. The van der Waals surface area contributed by atoms with Crippen LogP contribution in [0.25, 0.3) is 11.5 Å². The average Bonchev–Trinajstić information content (AvgIpc) is 3.51. The van der Waals surface area contributed by atoms with E-state index in [1.54, 1.807) is 13.4 Å². The number of rotatable bonds is 12. The second kappa shape index (κ2) is 10.4. The van der Waals surface area contributed by atoms with Crippen molar-refractivity contribution in [3.63, 3.8) is 0 Å². The highest BCUT2D eigenvalue weighted by Crippen LogP contribution is 2.37. The topological polar surface area (TPSA) is 70.8 Å². The zero-order valence-electron chi connectivity index (χ0n) is 18.6. The third-order valence-corrected chi connectivity index (χ3v) is 5.70. The standard InChI is InChI=1S/C26H29NO5/c1-3-30-23-7-5-4-6-21(23)20(12-14-28)22-17-32-26(27-22)19-10-11-24(29-2)25(16-19)31-15-13-18-8-9-18/h4-7,10-11,14,16-18,20H,3,8-9,12-13,15H2,1-2H3. The number of aromatic nitrogens is 1. The fraction of sp³-hybridized carbons (Fsp3) is 0.385. The first-order valence-corrected chi connectivity index (χ1v) is 11.2. The molecule has 1 aliphatic rings. The Labute approximate surface area is 188 Å². The monoisotopic (exact) mass is 435 g/mol. The van der Waals surface area contributed by atoms with Crippen molar-refractivity contribution >= 4 is 6.29 Å². The molecule has 4 rings (SSSR count). The summed E-state index contributed by atoms with van der Waals surface area (Å²) in [5.74, 6) is 3.13. The predicted molar refractivity (Wildman–Crippen MR) is 121 cm³/mol. The molecule has 1 unspecified atom stereocenters. The van der Waals surface area contributed by atoms with Crippen molar-refractivity contribution in [2.24, 2.45) is 5.92 Å². The van der Waals surface area contributed by atoms with Crippen molar-refractivity contribution in [1.29, 1.82) is 0 Å². The van der Waals surface area contributed by atoms with Crippen LogP contribution in [0.4, 0.5) is 0 Å². The molecule has 6 heteroatoms. The van der Waals surface area contributed by atoms with Crippen molar-refractivity contribution in [2.75, 3.05) is 20.3 Å². The van der Waals surface area contributed by atoms with Crippen LogP contribution in [0.15, 0.2) is 53.1 Å². The van der Waals surface area contributed by atoms with Crippen LogP contribution in [0.5, 0.6) is 17.2 Å². The van der Waals surface area contributed by atoms with E-state index in [1.165, 1.54) is 12.8 Å². The Balaban J connectivity index is 1.59. The molecule has 0 N–H and O–H groups in total. The molecule has 1 fully saturated rings. The summed E-state index contributed by atoms with van der Waals surface area (Å²) in [6.45, 7) is 3.15. The zero-order chi connectivity index (χ0) is 22.3. The van der Waals surface area contributed by atoms with Gasteiger partial charge in [-0.1, -0.05) is 31.0 Å². The number of benzene rings is 2. The molecular formula is C26H29NO5. The van der Waals surface area contributed by atoms with Crippen molar-refractivity contribution < 1.29 is 23.4 Å². The third-order valence-electron chi connectivity index (χ3n) is 5.70. The van der Waals surface area contributed by atoms with Gasteiger partial charge < -0.3 is 23.4 Å². The van der Waals surface area contributed by atoms with Gasteiger partial charge in [-0.05, 0) is 43.5 Å². The summed E-state index contributed by atoms with van der Waals surface area (Å²) in [4.78, 5) is 16.2. The van der Waals surface area contributed by atoms with Crippen LogP contribution >= 0.6 is 0 Å². The van der Waals surface area contributed by atoms with Crippen molar-refractivity contribution in [1.82, 2.24) is 4.98 Å². The first-order chi connectivity index (χ1) is 15.7.